The second-order valence-electron chi connectivity index (χ2n) is 2.53. The number of halogens is 2. The molecule has 0 unspecified atom stereocenters. The van der Waals surface area contributed by atoms with Crippen molar-refractivity contribution < 1.29 is 25.9 Å². The Morgan fingerprint density at radius 2 is 1.38 bits per heavy atom. The average molecular weight is 292 g/mol. The molecule has 0 fully saturated rings. The summed E-state index contributed by atoms with van der Waals surface area (Å²) >= 11 is 0. The molecular formula is C6H7ClFNO5S2. The van der Waals surface area contributed by atoms with Crippen LogP contribution in [-0.4, -0.2) is 21.4 Å². The second kappa shape index (κ2) is 5.06. The molecule has 10 heteroatoms. The lowest BCUT2D eigenvalue weighted by Crippen LogP contribution is -2.14. The Bertz CT molecular complexity index is 553. The normalized spacial score (nSPS) is 11.9. The molecule has 6 nitrogen and oxygen atoms in total. The fraction of sp³-hybridized carbons (Fsp3) is 0. The van der Waals surface area contributed by atoms with Gasteiger partial charge in [-0.3, -0.25) is 4.55 Å². The Morgan fingerprint density at radius 3 is 1.69 bits per heavy atom. The maximum Gasteiger partial charge on any atom is 0.294 e. The third kappa shape index (κ3) is 3.39. The standard InChI is InChI=1S/C6H6FNO5S2.ClH/c7-8-14(9,10)5-1-3-6(4-2-5)15(11,12)13;/h1-4,8H,(H,11,12,13);1H. The summed E-state index contributed by atoms with van der Waals surface area (Å²) in [5.74, 6) is 0. The number of hydrogen-bond donors (Lipinski definition) is 2. The molecule has 0 saturated carbocycles. The molecule has 0 aliphatic carbocycles. The average Bonchev–Trinajstić information content (AvgIpc) is 2.17. The lowest BCUT2D eigenvalue weighted by atomic mass is 10.4. The lowest BCUT2D eigenvalue weighted by molar-refractivity contribution is 0.425. The molecule has 0 amide bonds. The van der Waals surface area contributed by atoms with Gasteiger partial charge in [-0.2, -0.15) is 8.42 Å². The zero-order valence-electron chi connectivity index (χ0n) is 7.49. The minimum absolute atomic E-state index is 0. The van der Waals surface area contributed by atoms with Crippen molar-refractivity contribution in [2.75, 3.05) is 0 Å². The fourth-order valence-electron chi connectivity index (χ4n) is 0.835. The third-order valence-corrected chi connectivity index (χ3v) is 3.50. The SMILES string of the molecule is Cl.O=S(=O)(O)c1ccc(S(=O)(=O)NF)cc1. The van der Waals surface area contributed by atoms with E-state index in [4.69, 9.17) is 4.55 Å². The van der Waals surface area contributed by atoms with E-state index in [0.717, 1.165) is 24.3 Å². The van der Waals surface area contributed by atoms with Crippen LogP contribution in [0.25, 0.3) is 0 Å². The van der Waals surface area contributed by atoms with Crippen LogP contribution in [0, 0.1) is 0 Å². The van der Waals surface area contributed by atoms with E-state index in [2.05, 4.69) is 0 Å². The first kappa shape index (κ1) is 15.3. The van der Waals surface area contributed by atoms with Gasteiger partial charge in [0.2, 0.25) is 0 Å². The van der Waals surface area contributed by atoms with Crippen LogP contribution in [0.5, 0.6) is 0 Å². The molecule has 0 aliphatic heterocycles. The van der Waals surface area contributed by atoms with Crippen LogP contribution < -0.4 is 4.94 Å². The molecule has 0 spiro atoms. The molecule has 0 atom stereocenters. The van der Waals surface area contributed by atoms with Gasteiger partial charge in [0.15, 0.2) is 0 Å². The zero-order valence-corrected chi connectivity index (χ0v) is 9.94. The van der Waals surface area contributed by atoms with E-state index < -0.39 is 29.9 Å². The van der Waals surface area contributed by atoms with Gasteiger partial charge in [-0.05, 0) is 29.2 Å². The van der Waals surface area contributed by atoms with Crippen LogP contribution in [0.1, 0.15) is 0 Å². The smallest absolute Gasteiger partial charge is 0.282 e. The fourth-order valence-corrected chi connectivity index (χ4v) is 1.90. The van der Waals surface area contributed by atoms with E-state index in [-0.39, 0.29) is 12.4 Å². The molecule has 1 aromatic rings. The highest BCUT2D eigenvalue weighted by molar-refractivity contribution is 7.89. The maximum atomic E-state index is 11.8. The molecule has 2 N–H and O–H groups in total. The van der Waals surface area contributed by atoms with Gasteiger partial charge in [0, 0.05) is 0 Å². The summed E-state index contributed by atoms with van der Waals surface area (Å²) in [5.41, 5.74) is 0. The van der Waals surface area contributed by atoms with E-state index in [9.17, 15) is 21.3 Å². The Morgan fingerprint density at radius 1 is 1.00 bits per heavy atom. The van der Waals surface area contributed by atoms with Crippen LogP contribution in [0.4, 0.5) is 4.48 Å². The Labute approximate surface area is 97.6 Å². The molecule has 0 aromatic heterocycles. The molecule has 0 aliphatic rings. The minimum Gasteiger partial charge on any atom is -0.282 e. The predicted octanol–water partition coefficient (Wildman–Crippen LogP) is 0.518. The Balaban J connectivity index is 0.00000225. The zero-order chi connectivity index (χ0) is 11.7. The largest absolute Gasteiger partial charge is 0.294 e. The van der Waals surface area contributed by atoms with Crippen molar-refractivity contribution in [1.82, 2.24) is 4.94 Å². The van der Waals surface area contributed by atoms with Crippen LogP contribution in [0.2, 0.25) is 0 Å². The van der Waals surface area contributed by atoms with Crippen molar-refractivity contribution >= 4 is 32.5 Å². The third-order valence-electron chi connectivity index (χ3n) is 1.53. The number of nitrogens with one attached hydrogen (secondary N) is 1. The molecule has 16 heavy (non-hydrogen) atoms. The molecule has 0 bridgehead atoms. The van der Waals surface area contributed by atoms with E-state index in [1.165, 1.54) is 0 Å². The summed E-state index contributed by atoms with van der Waals surface area (Å²) in [5, 5.41) is 0. The monoisotopic (exact) mass is 291 g/mol. The van der Waals surface area contributed by atoms with Gasteiger partial charge in [-0.25, -0.2) is 8.42 Å². The summed E-state index contributed by atoms with van der Waals surface area (Å²) < 4.78 is 63.2. The highest BCUT2D eigenvalue weighted by Gasteiger charge is 2.15. The quantitative estimate of drug-likeness (QED) is 0.624. The van der Waals surface area contributed by atoms with Gasteiger partial charge >= 0.3 is 0 Å². The minimum atomic E-state index is -4.38. The number of hydrogen-bond acceptors (Lipinski definition) is 4. The molecule has 1 rings (SSSR count). The molecule has 0 heterocycles. The Hall–Kier alpha value is -0.740. The summed E-state index contributed by atoms with van der Waals surface area (Å²) in [6, 6.07) is 3.40. The van der Waals surface area contributed by atoms with Gasteiger partial charge in [0.25, 0.3) is 20.1 Å². The highest BCUT2D eigenvalue weighted by Crippen LogP contribution is 2.13. The number of rotatable bonds is 3. The predicted molar refractivity (Wildman–Crippen MR) is 54.9 cm³/mol. The summed E-state index contributed by atoms with van der Waals surface area (Å²) in [4.78, 5) is -0.343. The summed E-state index contributed by atoms with van der Waals surface area (Å²) in [6.45, 7) is 0. The molecule has 0 saturated heterocycles. The topological polar surface area (TPSA) is 101 Å². The van der Waals surface area contributed by atoms with Crippen molar-refractivity contribution in [2.24, 2.45) is 0 Å². The number of sulfonamides is 1. The maximum absolute atomic E-state index is 11.8. The van der Waals surface area contributed by atoms with E-state index in [1.807, 2.05) is 0 Å². The van der Waals surface area contributed by atoms with Crippen LogP contribution in [-0.2, 0) is 20.1 Å². The summed E-state index contributed by atoms with van der Waals surface area (Å²) in [6.07, 6.45) is 0. The lowest BCUT2D eigenvalue weighted by Gasteiger charge is -2.00. The first-order valence-electron chi connectivity index (χ1n) is 3.47. The van der Waals surface area contributed by atoms with E-state index >= 15 is 0 Å². The van der Waals surface area contributed by atoms with Crippen molar-refractivity contribution in [3.63, 3.8) is 0 Å². The van der Waals surface area contributed by atoms with Crippen molar-refractivity contribution in [3.8, 4) is 0 Å². The molecule has 0 radical (unpaired) electrons. The number of benzene rings is 1. The van der Waals surface area contributed by atoms with Crippen LogP contribution in [0.15, 0.2) is 34.1 Å². The summed E-state index contributed by atoms with van der Waals surface area (Å²) in [7, 11) is -8.63. The van der Waals surface area contributed by atoms with Crippen LogP contribution >= 0.6 is 12.4 Å². The van der Waals surface area contributed by atoms with Gasteiger partial charge < -0.3 is 0 Å². The van der Waals surface area contributed by atoms with Crippen molar-refractivity contribution in [1.29, 1.82) is 0 Å². The van der Waals surface area contributed by atoms with Gasteiger partial charge in [0.1, 0.15) is 0 Å². The molecule has 1 aromatic carbocycles. The van der Waals surface area contributed by atoms with Crippen LogP contribution in [0.3, 0.4) is 0 Å². The van der Waals surface area contributed by atoms with E-state index in [1.54, 1.807) is 0 Å². The van der Waals surface area contributed by atoms with Gasteiger partial charge in [-0.1, -0.05) is 0 Å². The molecule has 92 valence electrons. The van der Waals surface area contributed by atoms with Gasteiger partial charge in [-0.15, -0.1) is 16.9 Å². The highest BCUT2D eigenvalue weighted by atomic mass is 35.5. The second-order valence-corrected chi connectivity index (χ2v) is 5.58. The van der Waals surface area contributed by atoms with E-state index in [0.29, 0.717) is 4.94 Å². The van der Waals surface area contributed by atoms with Crippen molar-refractivity contribution in [2.45, 2.75) is 9.79 Å². The van der Waals surface area contributed by atoms with Gasteiger partial charge in [0.05, 0.1) is 9.79 Å². The van der Waals surface area contributed by atoms with Crippen molar-refractivity contribution in [3.05, 3.63) is 24.3 Å². The first-order valence-corrected chi connectivity index (χ1v) is 6.40. The first-order chi connectivity index (χ1) is 6.77. The Kier molecular flexibility index (Phi) is 4.83. The molecular weight excluding hydrogens is 285 g/mol.